The van der Waals surface area contributed by atoms with Crippen molar-refractivity contribution in [2.45, 2.75) is 12.6 Å². The highest BCUT2D eigenvalue weighted by Crippen LogP contribution is 2.29. The molecule has 0 unspecified atom stereocenters. The second kappa shape index (κ2) is 3.82. The van der Waals surface area contributed by atoms with E-state index in [1.807, 2.05) is 0 Å². The van der Waals surface area contributed by atoms with Crippen LogP contribution in [0.4, 0.5) is 13.2 Å². The lowest BCUT2D eigenvalue weighted by atomic mass is 10.1. The largest absolute Gasteiger partial charge is 0.416 e. The van der Waals surface area contributed by atoms with Gasteiger partial charge in [-0.3, -0.25) is 4.79 Å². The molecule has 0 atom stereocenters. The van der Waals surface area contributed by atoms with Crippen molar-refractivity contribution in [3.8, 4) is 0 Å². The number of hydrogen-bond donors (Lipinski definition) is 0. The minimum atomic E-state index is -4.41. The Morgan fingerprint density at radius 1 is 1.36 bits per heavy atom. The number of alkyl halides is 3. The highest BCUT2D eigenvalue weighted by atomic mass is 19.4. The zero-order valence-corrected chi connectivity index (χ0v) is 7.27. The summed E-state index contributed by atoms with van der Waals surface area (Å²) >= 11 is 0. The van der Waals surface area contributed by atoms with Crippen LogP contribution in [0.15, 0.2) is 24.3 Å². The van der Waals surface area contributed by atoms with E-state index in [1.54, 1.807) is 0 Å². The molecule has 75 valence electrons. The molecule has 0 aromatic heterocycles. The van der Waals surface area contributed by atoms with E-state index in [1.165, 1.54) is 12.1 Å². The summed E-state index contributed by atoms with van der Waals surface area (Å²) in [5.41, 5.74) is -0.758. The van der Waals surface area contributed by atoms with Crippen LogP contribution in [0.25, 0.3) is 0 Å². The van der Waals surface area contributed by atoms with E-state index in [2.05, 4.69) is 6.92 Å². The van der Waals surface area contributed by atoms with Gasteiger partial charge in [0, 0.05) is 12.0 Å². The molecule has 0 fully saturated rings. The molecule has 0 N–H and O–H groups in total. The SMILES string of the molecule is [CH2]CC(=O)c1cccc(C(F)(F)F)c1. The first-order valence-corrected chi connectivity index (χ1v) is 3.95. The van der Waals surface area contributed by atoms with E-state index < -0.39 is 17.5 Å². The Bertz CT molecular complexity index is 341. The number of hydrogen-bond acceptors (Lipinski definition) is 1. The Morgan fingerprint density at radius 3 is 2.50 bits per heavy atom. The summed E-state index contributed by atoms with van der Waals surface area (Å²) in [5.74, 6) is -0.393. The summed E-state index contributed by atoms with van der Waals surface area (Å²) in [5, 5.41) is 0. The van der Waals surface area contributed by atoms with Crippen LogP contribution in [0, 0.1) is 6.92 Å². The molecule has 1 aromatic carbocycles. The van der Waals surface area contributed by atoms with Crippen LogP contribution in [0.2, 0.25) is 0 Å². The summed E-state index contributed by atoms with van der Waals surface area (Å²) in [4.78, 5) is 11.1. The Kier molecular flexibility index (Phi) is 2.93. The normalized spacial score (nSPS) is 11.4. The van der Waals surface area contributed by atoms with Crippen molar-refractivity contribution in [3.63, 3.8) is 0 Å². The van der Waals surface area contributed by atoms with Crippen LogP contribution in [0.5, 0.6) is 0 Å². The Balaban J connectivity index is 3.08. The van der Waals surface area contributed by atoms with Gasteiger partial charge in [-0.15, -0.1) is 0 Å². The smallest absolute Gasteiger partial charge is 0.294 e. The first-order valence-electron chi connectivity index (χ1n) is 3.95. The zero-order valence-electron chi connectivity index (χ0n) is 7.27. The van der Waals surface area contributed by atoms with Crippen molar-refractivity contribution in [3.05, 3.63) is 42.3 Å². The molecule has 1 radical (unpaired) electrons. The van der Waals surface area contributed by atoms with E-state index in [4.69, 9.17) is 0 Å². The summed E-state index contributed by atoms with van der Waals surface area (Å²) < 4.78 is 36.6. The van der Waals surface area contributed by atoms with Gasteiger partial charge in [-0.05, 0) is 19.1 Å². The monoisotopic (exact) mass is 201 g/mol. The van der Waals surface area contributed by atoms with Gasteiger partial charge in [0.25, 0.3) is 0 Å². The fraction of sp³-hybridized carbons (Fsp3) is 0.200. The molecular formula is C10H8F3O. The van der Waals surface area contributed by atoms with E-state index in [0.717, 1.165) is 12.1 Å². The quantitative estimate of drug-likeness (QED) is 0.672. The summed E-state index contributed by atoms with van der Waals surface area (Å²) in [7, 11) is 0. The average Bonchev–Trinajstić information content (AvgIpc) is 2.15. The van der Waals surface area contributed by atoms with E-state index in [0.29, 0.717) is 0 Å². The molecule has 0 aliphatic heterocycles. The fourth-order valence-electron chi connectivity index (χ4n) is 1.01. The van der Waals surface area contributed by atoms with Crippen LogP contribution in [0.1, 0.15) is 22.3 Å². The molecular weight excluding hydrogens is 193 g/mol. The third kappa shape index (κ3) is 2.34. The average molecular weight is 201 g/mol. The molecule has 0 aliphatic carbocycles. The topological polar surface area (TPSA) is 17.1 Å². The minimum absolute atomic E-state index is 0.0404. The summed E-state index contributed by atoms with van der Waals surface area (Å²) in [6, 6.07) is 4.34. The lowest BCUT2D eigenvalue weighted by Gasteiger charge is -2.07. The van der Waals surface area contributed by atoms with Gasteiger partial charge in [-0.2, -0.15) is 13.2 Å². The van der Waals surface area contributed by atoms with Crippen LogP contribution >= 0.6 is 0 Å². The van der Waals surface area contributed by atoms with Gasteiger partial charge in [-0.25, -0.2) is 0 Å². The molecule has 1 rings (SSSR count). The van der Waals surface area contributed by atoms with Gasteiger partial charge >= 0.3 is 6.18 Å². The third-order valence-electron chi connectivity index (χ3n) is 1.74. The van der Waals surface area contributed by atoms with Crippen LogP contribution in [-0.2, 0) is 6.18 Å². The number of carbonyl (C=O) groups is 1. The number of halogens is 3. The molecule has 0 saturated heterocycles. The molecule has 4 heteroatoms. The van der Waals surface area contributed by atoms with Crippen LogP contribution in [-0.4, -0.2) is 5.78 Å². The summed E-state index contributed by atoms with van der Waals surface area (Å²) in [6.45, 7) is 3.32. The Labute approximate surface area is 79.5 Å². The Hall–Kier alpha value is -1.32. The molecule has 0 saturated carbocycles. The maximum atomic E-state index is 12.2. The first-order chi connectivity index (χ1) is 6.45. The number of Topliss-reactive ketones (excluding diaryl/α,β-unsaturated/α-hetero) is 1. The fourth-order valence-corrected chi connectivity index (χ4v) is 1.01. The molecule has 14 heavy (non-hydrogen) atoms. The maximum absolute atomic E-state index is 12.2. The highest BCUT2D eigenvalue weighted by molar-refractivity contribution is 5.96. The lowest BCUT2D eigenvalue weighted by Crippen LogP contribution is -2.06. The van der Waals surface area contributed by atoms with E-state index >= 15 is 0 Å². The minimum Gasteiger partial charge on any atom is -0.294 e. The Morgan fingerprint density at radius 2 is 2.00 bits per heavy atom. The predicted molar refractivity (Wildman–Crippen MR) is 45.7 cm³/mol. The van der Waals surface area contributed by atoms with Crippen molar-refractivity contribution in [1.82, 2.24) is 0 Å². The molecule has 0 heterocycles. The maximum Gasteiger partial charge on any atom is 0.416 e. The molecule has 0 aliphatic rings. The zero-order chi connectivity index (χ0) is 10.8. The second-order valence-corrected chi connectivity index (χ2v) is 2.75. The third-order valence-corrected chi connectivity index (χ3v) is 1.74. The lowest BCUT2D eigenvalue weighted by molar-refractivity contribution is -0.137. The first kappa shape index (κ1) is 10.8. The molecule has 0 bridgehead atoms. The summed E-state index contributed by atoms with van der Waals surface area (Å²) in [6.07, 6.45) is -4.45. The van der Waals surface area contributed by atoms with Crippen molar-refractivity contribution < 1.29 is 18.0 Å². The molecule has 0 spiro atoms. The molecule has 0 amide bonds. The van der Waals surface area contributed by atoms with E-state index in [9.17, 15) is 18.0 Å². The number of benzene rings is 1. The van der Waals surface area contributed by atoms with Gasteiger partial charge in [0.1, 0.15) is 0 Å². The van der Waals surface area contributed by atoms with Gasteiger partial charge in [-0.1, -0.05) is 12.1 Å². The molecule has 1 aromatic rings. The number of rotatable bonds is 2. The van der Waals surface area contributed by atoms with Crippen molar-refractivity contribution in [1.29, 1.82) is 0 Å². The van der Waals surface area contributed by atoms with Gasteiger partial charge in [0.05, 0.1) is 5.56 Å². The van der Waals surface area contributed by atoms with Gasteiger partial charge in [0.2, 0.25) is 0 Å². The number of ketones is 1. The van der Waals surface area contributed by atoms with Gasteiger partial charge in [0.15, 0.2) is 5.78 Å². The predicted octanol–water partition coefficient (Wildman–Crippen LogP) is 3.11. The highest BCUT2D eigenvalue weighted by Gasteiger charge is 2.30. The van der Waals surface area contributed by atoms with Gasteiger partial charge < -0.3 is 0 Å². The van der Waals surface area contributed by atoms with Crippen molar-refractivity contribution in [2.24, 2.45) is 0 Å². The second-order valence-electron chi connectivity index (χ2n) is 2.75. The number of carbonyl (C=O) groups excluding carboxylic acids is 1. The van der Waals surface area contributed by atoms with Crippen molar-refractivity contribution in [2.75, 3.05) is 0 Å². The van der Waals surface area contributed by atoms with Crippen molar-refractivity contribution >= 4 is 5.78 Å². The van der Waals surface area contributed by atoms with Crippen LogP contribution in [0.3, 0.4) is 0 Å². The van der Waals surface area contributed by atoms with Crippen LogP contribution < -0.4 is 0 Å². The van der Waals surface area contributed by atoms with E-state index in [-0.39, 0.29) is 12.0 Å². The molecule has 1 nitrogen and oxygen atoms in total. The standard InChI is InChI=1S/C10H8F3O/c1-2-9(14)7-4-3-5-8(6-7)10(11,12)13/h3-6H,1-2H2.